The number of nitrogens with one attached hydrogen (secondary N) is 1. The van der Waals surface area contributed by atoms with Gasteiger partial charge in [-0.3, -0.25) is 9.59 Å². The maximum atomic E-state index is 12.3. The molecule has 2 rings (SSSR count). The van der Waals surface area contributed by atoms with Gasteiger partial charge in [-0.05, 0) is 24.5 Å². The fraction of sp³-hybridized carbons (Fsp3) is 0.429. The van der Waals surface area contributed by atoms with Crippen molar-refractivity contribution in [2.24, 2.45) is 5.92 Å². The van der Waals surface area contributed by atoms with Crippen LogP contribution in [0.25, 0.3) is 0 Å². The second-order valence-electron chi connectivity index (χ2n) is 5.07. The lowest BCUT2D eigenvalue weighted by Crippen LogP contribution is -2.45. The van der Waals surface area contributed by atoms with Gasteiger partial charge in [0.25, 0.3) is 5.91 Å². The molecule has 1 atom stereocenters. The highest BCUT2D eigenvalue weighted by Gasteiger charge is 2.31. The van der Waals surface area contributed by atoms with Crippen molar-refractivity contribution >= 4 is 17.5 Å². The summed E-state index contributed by atoms with van der Waals surface area (Å²) in [6.07, 6.45) is 0.656. The van der Waals surface area contributed by atoms with E-state index in [-0.39, 0.29) is 11.8 Å². The Kier molecular flexibility index (Phi) is 3.36. The normalized spacial score (nSPS) is 19.6. The maximum Gasteiger partial charge on any atom is 0.254 e. The van der Waals surface area contributed by atoms with Crippen molar-refractivity contribution in [1.82, 2.24) is 5.32 Å². The minimum atomic E-state index is -0.435. The Morgan fingerprint density at radius 3 is 2.61 bits per heavy atom. The van der Waals surface area contributed by atoms with Crippen LogP contribution < -0.4 is 10.2 Å². The quantitative estimate of drug-likeness (QED) is 0.865. The van der Waals surface area contributed by atoms with Crippen LogP contribution in [0.1, 0.15) is 30.6 Å². The van der Waals surface area contributed by atoms with Crippen LogP contribution in [0.15, 0.2) is 24.3 Å². The van der Waals surface area contributed by atoms with Gasteiger partial charge < -0.3 is 10.2 Å². The molecule has 0 spiro atoms. The summed E-state index contributed by atoms with van der Waals surface area (Å²) in [5, 5.41) is 2.82. The van der Waals surface area contributed by atoms with Gasteiger partial charge in [-0.2, -0.15) is 0 Å². The Balaban J connectivity index is 2.38. The molecule has 0 saturated carbocycles. The topological polar surface area (TPSA) is 49.4 Å². The van der Waals surface area contributed by atoms with Gasteiger partial charge in [0.15, 0.2) is 0 Å². The van der Waals surface area contributed by atoms with E-state index >= 15 is 0 Å². The summed E-state index contributed by atoms with van der Waals surface area (Å²) in [6, 6.07) is 6.74. The van der Waals surface area contributed by atoms with Crippen LogP contribution >= 0.6 is 0 Å². The lowest BCUT2D eigenvalue weighted by atomic mass is 10.0. The number of rotatable bonds is 2. The zero-order valence-corrected chi connectivity index (χ0v) is 10.9. The van der Waals surface area contributed by atoms with Crippen LogP contribution in [0, 0.1) is 5.92 Å². The molecule has 1 aromatic carbocycles. The zero-order valence-electron chi connectivity index (χ0n) is 10.9. The van der Waals surface area contributed by atoms with Crippen LogP contribution in [0.4, 0.5) is 5.69 Å². The van der Waals surface area contributed by atoms with E-state index in [4.69, 9.17) is 0 Å². The number of hydrogen-bond donors (Lipinski definition) is 1. The minimum absolute atomic E-state index is 0.0537. The number of hydrogen-bond acceptors (Lipinski definition) is 2. The molecule has 96 valence electrons. The largest absolute Gasteiger partial charge is 0.340 e. The van der Waals surface area contributed by atoms with Crippen molar-refractivity contribution in [2.45, 2.75) is 26.3 Å². The molecule has 1 unspecified atom stereocenters. The number of fused-ring (bicyclic) bond motifs is 1. The van der Waals surface area contributed by atoms with Crippen LogP contribution in [-0.4, -0.2) is 24.9 Å². The van der Waals surface area contributed by atoms with Gasteiger partial charge in [0, 0.05) is 7.05 Å². The molecule has 0 fully saturated rings. The lowest BCUT2D eigenvalue weighted by molar-refractivity contribution is -0.120. The van der Waals surface area contributed by atoms with E-state index < -0.39 is 6.04 Å². The first-order valence-electron chi connectivity index (χ1n) is 6.18. The van der Waals surface area contributed by atoms with E-state index in [1.54, 1.807) is 30.1 Å². The SMILES string of the molecule is CC(C)CC1NC(=O)c2ccccc2N(C)C1=O. The number of carbonyl (C=O) groups excluding carboxylic acids is 2. The standard InChI is InChI=1S/C14H18N2O2/c1-9(2)8-11-14(18)16(3)12-7-5-4-6-10(12)13(17)15-11/h4-7,9,11H,8H2,1-3H3,(H,15,17). The molecule has 4 heteroatoms. The van der Waals surface area contributed by atoms with E-state index in [9.17, 15) is 9.59 Å². The third-order valence-corrected chi connectivity index (χ3v) is 3.15. The molecular formula is C14H18N2O2. The third kappa shape index (κ3) is 2.23. The molecule has 1 heterocycles. The van der Waals surface area contributed by atoms with Crippen LogP contribution in [0.3, 0.4) is 0 Å². The fourth-order valence-corrected chi connectivity index (χ4v) is 2.24. The Morgan fingerprint density at radius 2 is 1.94 bits per heavy atom. The van der Waals surface area contributed by atoms with Crippen molar-refractivity contribution in [3.05, 3.63) is 29.8 Å². The Labute approximate surface area is 107 Å². The first-order chi connectivity index (χ1) is 8.50. The summed E-state index contributed by atoms with van der Waals surface area (Å²) in [4.78, 5) is 26.0. The van der Waals surface area contributed by atoms with Gasteiger partial charge in [0.2, 0.25) is 5.91 Å². The molecule has 0 aliphatic carbocycles. The van der Waals surface area contributed by atoms with Crippen molar-refractivity contribution in [3.8, 4) is 0 Å². The predicted molar refractivity (Wildman–Crippen MR) is 70.6 cm³/mol. The van der Waals surface area contributed by atoms with Gasteiger partial charge in [0.1, 0.15) is 6.04 Å². The van der Waals surface area contributed by atoms with Crippen molar-refractivity contribution in [3.63, 3.8) is 0 Å². The Bertz CT molecular complexity index is 482. The molecule has 0 bridgehead atoms. The van der Waals surface area contributed by atoms with Gasteiger partial charge in [-0.1, -0.05) is 26.0 Å². The van der Waals surface area contributed by atoms with Gasteiger partial charge in [0.05, 0.1) is 11.3 Å². The molecule has 4 nitrogen and oxygen atoms in total. The molecule has 1 aromatic rings. The van der Waals surface area contributed by atoms with E-state index in [1.165, 1.54) is 0 Å². The van der Waals surface area contributed by atoms with Crippen LogP contribution in [0.2, 0.25) is 0 Å². The van der Waals surface area contributed by atoms with Crippen molar-refractivity contribution in [2.75, 3.05) is 11.9 Å². The number of anilines is 1. The van der Waals surface area contributed by atoms with Crippen LogP contribution in [0.5, 0.6) is 0 Å². The number of carbonyl (C=O) groups is 2. The van der Waals surface area contributed by atoms with E-state index in [1.807, 2.05) is 19.9 Å². The summed E-state index contributed by atoms with van der Waals surface area (Å²) in [7, 11) is 1.72. The summed E-state index contributed by atoms with van der Waals surface area (Å²) in [5.41, 5.74) is 1.23. The number of benzene rings is 1. The van der Waals surface area contributed by atoms with Gasteiger partial charge in [-0.25, -0.2) is 0 Å². The molecule has 1 aliphatic rings. The van der Waals surface area contributed by atoms with Gasteiger partial charge >= 0.3 is 0 Å². The molecule has 2 amide bonds. The Morgan fingerprint density at radius 1 is 1.28 bits per heavy atom. The summed E-state index contributed by atoms with van der Waals surface area (Å²) < 4.78 is 0. The average molecular weight is 246 g/mol. The third-order valence-electron chi connectivity index (χ3n) is 3.15. The molecule has 1 aliphatic heterocycles. The molecule has 0 aromatic heterocycles. The van der Waals surface area contributed by atoms with Gasteiger partial charge in [-0.15, -0.1) is 0 Å². The molecule has 0 radical (unpaired) electrons. The summed E-state index contributed by atoms with van der Waals surface area (Å²) in [6.45, 7) is 4.08. The highest BCUT2D eigenvalue weighted by atomic mass is 16.2. The smallest absolute Gasteiger partial charge is 0.254 e. The van der Waals surface area contributed by atoms with E-state index in [0.29, 0.717) is 23.6 Å². The first kappa shape index (κ1) is 12.6. The fourth-order valence-electron chi connectivity index (χ4n) is 2.24. The lowest BCUT2D eigenvalue weighted by Gasteiger charge is -2.21. The Hall–Kier alpha value is -1.84. The zero-order chi connectivity index (χ0) is 13.3. The molecule has 18 heavy (non-hydrogen) atoms. The van der Waals surface area contributed by atoms with Crippen molar-refractivity contribution in [1.29, 1.82) is 0 Å². The molecule has 0 saturated heterocycles. The maximum absolute atomic E-state index is 12.3. The predicted octanol–water partition coefficient (Wildman–Crippen LogP) is 1.81. The second-order valence-corrected chi connectivity index (χ2v) is 5.07. The van der Waals surface area contributed by atoms with E-state index in [2.05, 4.69) is 5.32 Å². The number of likely N-dealkylation sites (N-methyl/N-ethyl adjacent to an activating group) is 1. The highest BCUT2D eigenvalue weighted by molar-refractivity contribution is 6.10. The van der Waals surface area contributed by atoms with Crippen LogP contribution in [-0.2, 0) is 4.79 Å². The summed E-state index contributed by atoms with van der Waals surface area (Å²) >= 11 is 0. The monoisotopic (exact) mass is 246 g/mol. The minimum Gasteiger partial charge on any atom is -0.340 e. The second kappa shape index (κ2) is 4.80. The van der Waals surface area contributed by atoms with E-state index in [0.717, 1.165) is 0 Å². The average Bonchev–Trinajstić information content (AvgIpc) is 2.42. The number of para-hydroxylation sites is 1. The van der Waals surface area contributed by atoms with Crippen molar-refractivity contribution < 1.29 is 9.59 Å². The summed E-state index contributed by atoms with van der Waals surface area (Å²) in [5.74, 6) is 0.129. The number of amides is 2. The number of nitrogens with zero attached hydrogens (tertiary/aromatic N) is 1. The first-order valence-corrected chi connectivity index (χ1v) is 6.18. The molecule has 1 N–H and O–H groups in total. The highest BCUT2D eigenvalue weighted by Crippen LogP contribution is 2.24. The molecular weight excluding hydrogens is 228 g/mol.